The molecular formula is C15H18BrN3. The van der Waals surface area contributed by atoms with Crippen LogP contribution in [0.3, 0.4) is 0 Å². The van der Waals surface area contributed by atoms with Gasteiger partial charge in [-0.3, -0.25) is 4.98 Å². The van der Waals surface area contributed by atoms with E-state index in [1.54, 1.807) is 0 Å². The number of nitrogens with zero attached hydrogens (tertiary/aromatic N) is 2. The summed E-state index contributed by atoms with van der Waals surface area (Å²) < 4.78 is 1.03. The van der Waals surface area contributed by atoms with Crippen LogP contribution in [-0.2, 0) is 5.41 Å². The van der Waals surface area contributed by atoms with Crippen molar-refractivity contribution in [3.8, 4) is 0 Å². The molecule has 2 aromatic heterocycles. The van der Waals surface area contributed by atoms with Crippen LogP contribution in [-0.4, -0.2) is 16.5 Å². The SMILES string of the molecule is Cc1nc(NCC(C)(C)c2ccncc2)ccc1Br. The van der Waals surface area contributed by atoms with E-state index in [2.05, 4.69) is 57.2 Å². The Labute approximate surface area is 122 Å². The summed E-state index contributed by atoms with van der Waals surface area (Å²) in [6.45, 7) is 7.23. The normalized spacial score (nSPS) is 11.4. The topological polar surface area (TPSA) is 37.8 Å². The Morgan fingerprint density at radius 2 is 1.84 bits per heavy atom. The van der Waals surface area contributed by atoms with Crippen molar-refractivity contribution in [2.45, 2.75) is 26.2 Å². The number of nitrogens with one attached hydrogen (secondary N) is 1. The Balaban J connectivity index is 2.07. The highest BCUT2D eigenvalue weighted by molar-refractivity contribution is 9.10. The first-order valence-electron chi connectivity index (χ1n) is 6.26. The summed E-state index contributed by atoms with van der Waals surface area (Å²) in [6.07, 6.45) is 3.66. The number of pyridine rings is 2. The summed E-state index contributed by atoms with van der Waals surface area (Å²) in [4.78, 5) is 8.56. The Morgan fingerprint density at radius 1 is 1.16 bits per heavy atom. The highest BCUT2D eigenvalue weighted by Crippen LogP contribution is 2.23. The molecular weight excluding hydrogens is 302 g/mol. The Kier molecular flexibility index (Phi) is 4.20. The summed E-state index contributed by atoms with van der Waals surface area (Å²) >= 11 is 3.46. The van der Waals surface area contributed by atoms with E-state index in [1.165, 1.54) is 5.56 Å². The second-order valence-electron chi connectivity index (χ2n) is 5.24. The predicted octanol–water partition coefficient (Wildman–Crippen LogP) is 3.94. The van der Waals surface area contributed by atoms with Gasteiger partial charge in [0.25, 0.3) is 0 Å². The number of rotatable bonds is 4. The van der Waals surface area contributed by atoms with Crippen LogP contribution in [0.4, 0.5) is 5.82 Å². The van der Waals surface area contributed by atoms with Crippen molar-refractivity contribution in [2.24, 2.45) is 0 Å². The molecule has 0 aliphatic heterocycles. The standard InChI is InChI=1S/C15H18BrN3/c1-11-13(16)4-5-14(19-11)18-10-15(2,3)12-6-8-17-9-7-12/h4-9H,10H2,1-3H3,(H,18,19). The van der Waals surface area contributed by atoms with Crippen LogP contribution >= 0.6 is 15.9 Å². The van der Waals surface area contributed by atoms with Crippen LogP contribution < -0.4 is 5.32 Å². The third-order valence-electron chi connectivity index (χ3n) is 3.19. The number of aryl methyl sites for hydroxylation is 1. The van der Waals surface area contributed by atoms with E-state index >= 15 is 0 Å². The fourth-order valence-corrected chi connectivity index (χ4v) is 2.08. The molecule has 0 saturated heterocycles. The van der Waals surface area contributed by atoms with Gasteiger partial charge in [0, 0.05) is 28.8 Å². The van der Waals surface area contributed by atoms with Gasteiger partial charge >= 0.3 is 0 Å². The van der Waals surface area contributed by atoms with E-state index in [9.17, 15) is 0 Å². The molecule has 0 saturated carbocycles. The van der Waals surface area contributed by atoms with Crippen molar-refractivity contribution in [1.29, 1.82) is 0 Å². The molecule has 0 aliphatic rings. The second kappa shape index (κ2) is 5.70. The van der Waals surface area contributed by atoms with Crippen LogP contribution in [0.15, 0.2) is 41.1 Å². The van der Waals surface area contributed by atoms with Crippen molar-refractivity contribution < 1.29 is 0 Å². The summed E-state index contributed by atoms with van der Waals surface area (Å²) in [7, 11) is 0. The minimum Gasteiger partial charge on any atom is -0.369 e. The van der Waals surface area contributed by atoms with Gasteiger partial charge in [-0.1, -0.05) is 13.8 Å². The fourth-order valence-electron chi connectivity index (χ4n) is 1.86. The highest BCUT2D eigenvalue weighted by Gasteiger charge is 2.20. The number of halogens is 1. The first-order chi connectivity index (χ1) is 8.99. The van der Waals surface area contributed by atoms with Gasteiger partial charge < -0.3 is 5.32 Å². The number of hydrogen-bond donors (Lipinski definition) is 1. The minimum atomic E-state index is 0.0333. The molecule has 2 rings (SSSR count). The summed E-state index contributed by atoms with van der Waals surface area (Å²) in [5.41, 5.74) is 2.29. The fraction of sp³-hybridized carbons (Fsp3) is 0.333. The van der Waals surface area contributed by atoms with Crippen LogP contribution in [0.1, 0.15) is 25.1 Å². The lowest BCUT2D eigenvalue weighted by atomic mass is 9.85. The molecule has 3 nitrogen and oxygen atoms in total. The molecule has 0 bridgehead atoms. The molecule has 100 valence electrons. The average Bonchev–Trinajstić information content (AvgIpc) is 2.41. The maximum absolute atomic E-state index is 4.50. The molecule has 4 heteroatoms. The van der Waals surface area contributed by atoms with E-state index < -0.39 is 0 Å². The maximum atomic E-state index is 4.50. The van der Waals surface area contributed by atoms with Gasteiger partial charge in [0.2, 0.25) is 0 Å². The Morgan fingerprint density at radius 3 is 2.47 bits per heavy atom. The second-order valence-corrected chi connectivity index (χ2v) is 6.09. The van der Waals surface area contributed by atoms with Gasteiger partial charge in [-0.2, -0.15) is 0 Å². The van der Waals surface area contributed by atoms with Crippen LogP contribution in [0.25, 0.3) is 0 Å². The molecule has 0 spiro atoms. The lowest BCUT2D eigenvalue weighted by Crippen LogP contribution is -2.28. The highest BCUT2D eigenvalue weighted by atomic mass is 79.9. The largest absolute Gasteiger partial charge is 0.369 e. The minimum absolute atomic E-state index is 0.0333. The Hall–Kier alpha value is -1.42. The zero-order chi connectivity index (χ0) is 13.9. The van der Waals surface area contributed by atoms with Crippen molar-refractivity contribution in [1.82, 2.24) is 9.97 Å². The molecule has 0 radical (unpaired) electrons. The molecule has 1 N–H and O–H groups in total. The summed E-state index contributed by atoms with van der Waals surface area (Å²) in [6, 6.07) is 8.12. The molecule has 19 heavy (non-hydrogen) atoms. The van der Waals surface area contributed by atoms with Gasteiger partial charge in [0.1, 0.15) is 5.82 Å². The first-order valence-corrected chi connectivity index (χ1v) is 7.06. The van der Waals surface area contributed by atoms with Crippen molar-refractivity contribution in [3.05, 3.63) is 52.4 Å². The van der Waals surface area contributed by atoms with Gasteiger partial charge in [0.15, 0.2) is 0 Å². The van der Waals surface area contributed by atoms with Crippen molar-refractivity contribution >= 4 is 21.7 Å². The van der Waals surface area contributed by atoms with Gasteiger partial charge in [0.05, 0.1) is 5.69 Å². The average molecular weight is 320 g/mol. The van der Waals surface area contributed by atoms with Gasteiger partial charge in [-0.15, -0.1) is 0 Å². The predicted molar refractivity (Wildman–Crippen MR) is 82.4 cm³/mol. The first kappa shape index (κ1) is 14.0. The van der Waals surface area contributed by atoms with E-state index in [0.29, 0.717) is 0 Å². The van der Waals surface area contributed by atoms with Gasteiger partial charge in [-0.25, -0.2) is 4.98 Å². The molecule has 0 unspecified atom stereocenters. The zero-order valence-electron chi connectivity index (χ0n) is 11.4. The third kappa shape index (κ3) is 3.53. The van der Waals surface area contributed by atoms with Crippen molar-refractivity contribution in [2.75, 3.05) is 11.9 Å². The van der Waals surface area contributed by atoms with Crippen LogP contribution in [0, 0.1) is 6.92 Å². The maximum Gasteiger partial charge on any atom is 0.126 e. The van der Waals surface area contributed by atoms with Crippen molar-refractivity contribution in [3.63, 3.8) is 0 Å². The zero-order valence-corrected chi connectivity index (χ0v) is 13.0. The summed E-state index contributed by atoms with van der Waals surface area (Å²) in [5.74, 6) is 0.905. The number of anilines is 1. The lowest BCUT2D eigenvalue weighted by molar-refractivity contribution is 0.555. The summed E-state index contributed by atoms with van der Waals surface area (Å²) in [5, 5.41) is 3.40. The quantitative estimate of drug-likeness (QED) is 0.927. The lowest BCUT2D eigenvalue weighted by Gasteiger charge is -2.25. The van der Waals surface area contributed by atoms with E-state index in [1.807, 2.05) is 31.5 Å². The molecule has 0 amide bonds. The Bertz CT molecular complexity index is 553. The molecule has 2 aromatic rings. The molecule has 0 aliphatic carbocycles. The van der Waals surface area contributed by atoms with E-state index in [0.717, 1.165) is 22.5 Å². The molecule has 0 atom stereocenters. The molecule has 0 aromatic carbocycles. The van der Waals surface area contributed by atoms with Crippen LogP contribution in [0.5, 0.6) is 0 Å². The van der Waals surface area contributed by atoms with Gasteiger partial charge in [-0.05, 0) is 52.7 Å². The van der Waals surface area contributed by atoms with Crippen LogP contribution in [0.2, 0.25) is 0 Å². The number of aromatic nitrogens is 2. The van der Waals surface area contributed by atoms with E-state index in [-0.39, 0.29) is 5.41 Å². The smallest absolute Gasteiger partial charge is 0.126 e. The third-order valence-corrected chi connectivity index (χ3v) is 4.03. The van der Waals surface area contributed by atoms with E-state index in [4.69, 9.17) is 0 Å². The molecule has 0 fully saturated rings. The molecule has 2 heterocycles. The monoisotopic (exact) mass is 319 g/mol. The number of hydrogen-bond acceptors (Lipinski definition) is 3.